The number of aromatic nitrogens is 2. The molecular formula is C9H12N4S. The molecule has 0 spiro atoms. The fourth-order valence-electron chi connectivity index (χ4n) is 0.931. The van der Waals surface area contributed by atoms with Gasteiger partial charge >= 0.3 is 0 Å². The number of rotatable bonds is 4. The molecule has 74 valence electrons. The minimum atomic E-state index is 0.354. The van der Waals surface area contributed by atoms with Gasteiger partial charge in [-0.3, -0.25) is 0 Å². The van der Waals surface area contributed by atoms with Gasteiger partial charge in [0.05, 0.1) is 0 Å². The van der Waals surface area contributed by atoms with Gasteiger partial charge in [0, 0.05) is 19.3 Å². The Hall–Kier alpha value is -1.28. The van der Waals surface area contributed by atoms with Gasteiger partial charge in [-0.25, -0.2) is 0 Å². The second kappa shape index (κ2) is 5.45. The third-order valence-corrected chi connectivity index (χ3v) is 2.38. The van der Waals surface area contributed by atoms with Crippen molar-refractivity contribution in [2.75, 3.05) is 30.5 Å². The molecular weight excluding hydrogens is 196 g/mol. The molecule has 0 N–H and O–H groups in total. The van der Waals surface area contributed by atoms with Crippen LogP contribution in [0.3, 0.4) is 0 Å². The molecule has 0 aromatic carbocycles. The molecule has 4 nitrogen and oxygen atoms in total. The van der Waals surface area contributed by atoms with Gasteiger partial charge in [-0.2, -0.15) is 17.0 Å². The van der Waals surface area contributed by atoms with Crippen molar-refractivity contribution >= 4 is 17.6 Å². The van der Waals surface area contributed by atoms with Crippen molar-refractivity contribution in [2.24, 2.45) is 0 Å². The van der Waals surface area contributed by atoms with Crippen molar-refractivity contribution < 1.29 is 0 Å². The quantitative estimate of drug-likeness (QED) is 0.743. The van der Waals surface area contributed by atoms with Crippen LogP contribution in [0.15, 0.2) is 12.1 Å². The van der Waals surface area contributed by atoms with Crippen molar-refractivity contribution in [3.8, 4) is 6.07 Å². The molecule has 0 fully saturated rings. The third-order valence-electron chi connectivity index (χ3n) is 1.79. The van der Waals surface area contributed by atoms with Crippen LogP contribution >= 0.6 is 11.8 Å². The molecule has 0 atom stereocenters. The van der Waals surface area contributed by atoms with Crippen LogP contribution in [-0.4, -0.2) is 35.8 Å². The molecule has 0 saturated heterocycles. The molecule has 1 heterocycles. The Labute approximate surface area is 87.9 Å². The lowest BCUT2D eigenvalue weighted by Gasteiger charge is -2.16. The number of hydrogen-bond donors (Lipinski definition) is 0. The lowest BCUT2D eigenvalue weighted by molar-refractivity contribution is 0.896. The van der Waals surface area contributed by atoms with E-state index in [1.165, 1.54) is 0 Å². The van der Waals surface area contributed by atoms with E-state index in [0.717, 1.165) is 18.1 Å². The summed E-state index contributed by atoms with van der Waals surface area (Å²) in [6, 6.07) is 5.43. The molecule has 0 saturated carbocycles. The van der Waals surface area contributed by atoms with Gasteiger partial charge in [-0.05, 0) is 18.4 Å². The van der Waals surface area contributed by atoms with Crippen LogP contribution in [0.4, 0.5) is 5.82 Å². The highest BCUT2D eigenvalue weighted by atomic mass is 32.2. The van der Waals surface area contributed by atoms with Crippen LogP contribution in [0.1, 0.15) is 5.69 Å². The first-order valence-electron chi connectivity index (χ1n) is 4.22. The number of nitriles is 1. The molecule has 0 aliphatic rings. The van der Waals surface area contributed by atoms with E-state index in [1.54, 1.807) is 17.8 Å². The van der Waals surface area contributed by atoms with Crippen LogP contribution in [0.2, 0.25) is 0 Å². The van der Waals surface area contributed by atoms with Crippen molar-refractivity contribution in [1.82, 2.24) is 10.2 Å². The summed E-state index contributed by atoms with van der Waals surface area (Å²) in [6.07, 6.45) is 2.07. The van der Waals surface area contributed by atoms with E-state index in [9.17, 15) is 0 Å². The molecule has 14 heavy (non-hydrogen) atoms. The van der Waals surface area contributed by atoms with Crippen LogP contribution in [0.5, 0.6) is 0 Å². The van der Waals surface area contributed by atoms with Gasteiger partial charge in [-0.1, -0.05) is 0 Å². The van der Waals surface area contributed by atoms with Crippen molar-refractivity contribution in [2.45, 2.75) is 0 Å². The van der Waals surface area contributed by atoms with Crippen molar-refractivity contribution in [1.29, 1.82) is 5.26 Å². The molecule has 0 bridgehead atoms. The predicted octanol–water partition coefficient (Wildman–Crippen LogP) is 1.15. The van der Waals surface area contributed by atoms with Crippen molar-refractivity contribution in [3.05, 3.63) is 17.8 Å². The van der Waals surface area contributed by atoms with Gasteiger partial charge in [0.1, 0.15) is 6.07 Å². The lowest BCUT2D eigenvalue weighted by atomic mass is 10.4. The summed E-state index contributed by atoms with van der Waals surface area (Å²) in [7, 11) is 1.96. The van der Waals surface area contributed by atoms with E-state index in [1.807, 2.05) is 24.1 Å². The summed E-state index contributed by atoms with van der Waals surface area (Å²) in [4.78, 5) is 2.02. The molecule has 1 rings (SSSR count). The monoisotopic (exact) mass is 208 g/mol. The van der Waals surface area contributed by atoms with Crippen LogP contribution in [0.25, 0.3) is 0 Å². The summed E-state index contributed by atoms with van der Waals surface area (Å²) >= 11 is 1.79. The molecule has 0 aliphatic carbocycles. The van der Waals surface area contributed by atoms with Crippen LogP contribution in [0, 0.1) is 11.3 Å². The zero-order chi connectivity index (χ0) is 10.4. The van der Waals surface area contributed by atoms with Gasteiger partial charge in [0.15, 0.2) is 11.5 Å². The Morgan fingerprint density at radius 2 is 2.29 bits per heavy atom. The number of anilines is 1. The van der Waals surface area contributed by atoms with E-state index in [2.05, 4.69) is 16.5 Å². The molecule has 1 aromatic rings. The maximum Gasteiger partial charge on any atom is 0.163 e. The lowest BCUT2D eigenvalue weighted by Crippen LogP contribution is -2.21. The van der Waals surface area contributed by atoms with Crippen molar-refractivity contribution in [3.63, 3.8) is 0 Å². The molecule has 0 amide bonds. The van der Waals surface area contributed by atoms with Gasteiger partial charge < -0.3 is 4.90 Å². The number of thioether (sulfide) groups is 1. The third kappa shape index (κ3) is 2.89. The van der Waals surface area contributed by atoms with E-state index < -0.39 is 0 Å². The summed E-state index contributed by atoms with van der Waals surface area (Å²) in [6.45, 7) is 0.932. The normalized spacial score (nSPS) is 9.50. The first-order valence-corrected chi connectivity index (χ1v) is 5.61. The molecule has 5 heteroatoms. The fourth-order valence-corrected chi connectivity index (χ4v) is 1.39. The molecule has 0 aliphatic heterocycles. The summed E-state index contributed by atoms with van der Waals surface area (Å²) in [5, 5.41) is 16.3. The highest BCUT2D eigenvalue weighted by Gasteiger charge is 2.02. The minimum absolute atomic E-state index is 0.354. The second-order valence-electron chi connectivity index (χ2n) is 2.80. The summed E-state index contributed by atoms with van der Waals surface area (Å²) in [5.41, 5.74) is 0.354. The van der Waals surface area contributed by atoms with Crippen LogP contribution < -0.4 is 4.90 Å². The van der Waals surface area contributed by atoms with Crippen LogP contribution in [-0.2, 0) is 0 Å². The standard InChI is InChI=1S/C9H12N4S/c1-13(5-6-14-2)9-4-3-8(7-10)11-12-9/h3-4H,5-6H2,1-2H3. The maximum atomic E-state index is 8.54. The Morgan fingerprint density at radius 3 is 2.79 bits per heavy atom. The Bertz CT molecular complexity index is 317. The van der Waals surface area contributed by atoms with Gasteiger partial charge in [-0.15, -0.1) is 10.2 Å². The zero-order valence-corrected chi connectivity index (χ0v) is 9.08. The predicted molar refractivity (Wildman–Crippen MR) is 58.4 cm³/mol. The Morgan fingerprint density at radius 1 is 1.50 bits per heavy atom. The smallest absolute Gasteiger partial charge is 0.163 e. The molecule has 1 aromatic heterocycles. The fraction of sp³-hybridized carbons (Fsp3) is 0.444. The minimum Gasteiger partial charge on any atom is -0.357 e. The van der Waals surface area contributed by atoms with E-state index in [-0.39, 0.29) is 0 Å². The van der Waals surface area contributed by atoms with Gasteiger partial charge in [0.2, 0.25) is 0 Å². The Kier molecular flexibility index (Phi) is 4.20. The summed E-state index contributed by atoms with van der Waals surface area (Å²) < 4.78 is 0. The highest BCUT2D eigenvalue weighted by molar-refractivity contribution is 7.98. The Balaban J connectivity index is 2.63. The molecule has 0 unspecified atom stereocenters. The van der Waals surface area contributed by atoms with E-state index >= 15 is 0 Å². The SMILES string of the molecule is CSCCN(C)c1ccc(C#N)nn1. The average molecular weight is 208 g/mol. The topological polar surface area (TPSA) is 52.8 Å². The zero-order valence-electron chi connectivity index (χ0n) is 8.27. The maximum absolute atomic E-state index is 8.54. The van der Waals surface area contributed by atoms with E-state index in [4.69, 9.17) is 5.26 Å². The number of hydrogen-bond acceptors (Lipinski definition) is 5. The van der Waals surface area contributed by atoms with Gasteiger partial charge in [0.25, 0.3) is 0 Å². The first-order chi connectivity index (χ1) is 6.77. The molecule has 0 radical (unpaired) electrons. The van der Waals surface area contributed by atoms with E-state index in [0.29, 0.717) is 5.69 Å². The first kappa shape index (κ1) is 10.8. The summed E-state index contributed by atoms with van der Waals surface area (Å²) in [5.74, 6) is 1.86. The number of nitrogens with zero attached hydrogens (tertiary/aromatic N) is 4. The highest BCUT2D eigenvalue weighted by Crippen LogP contribution is 2.07. The average Bonchev–Trinajstić information content (AvgIpc) is 2.26. The second-order valence-corrected chi connectivity index (χ2v) is 3.79. The largest absolute Gasteiger partial charge is 0.357 e.